The maximum absolute atomic E-state index is 11.4. The zero-order chi connectivity index (χ0) is 10.7. The van der Waals surface area contributed by atoms with E-state index >= 15 is 0 Å². The van der Waals surface area contributed by atoms with E-state index in [9.17, 15) is 14.7 Å². The molecule has 4 heteroatoms. The molecule has 0 heterocycles. The average molecular weight is 196 g/mol. The highest BCUT2D eigenvalue weighted by atomic mass is 16.5. The molecular weight excluding hydrogens is 184 g/mol. The van der Waals surface area contributed by atoms with E-state index in [4.69, 9.17) is 0 Å². The summed E-state index contributed by atoms with van der Waals surface area (Å²) in [5.41, 5.74) is 0.179. The molecule has 1 aliphatic carbocycles. The van der Waals surface area contributed by atoms with Gasteiger partial charge in [-0.25, -0.2) is 0 Å². The smallest absolute Gasteiger partial charge is 0.262 e. The Hall–Kier alpha value is -1.58. The van der Waals surface area contributed by atoms with E-state index in [1.807, 2.05) is 6.92 Å². The average Bonchev–Trinajstić information content (AvgIpc) is 2.18. The zero-order valence-electron chi connectivity index (χ0n) is 8.16. The Morgan fingerprint density at radius 1 is 1.43 bits per heavy atom. The quantitative estimate of drug-likeness (QED) is 0.690. The molecule has 0 saturated carbocycles. The molecule has 0 fully saturated rings. The summed E-state index contributed by atoms with van der Waals surface area (Å²) in [6.07, 6.45) is 2.23. The van der Waals surface area contributed by atoms with Crippen molar-refractivity contribution < 1.29 is 19.4 Å². The van der Waals surface area contributed by atoms with Crippen LogP contribution in [0.4, 0.5) is 0 Å². The number of carbonyl (C=O) groups is 2. The lowest BCUT2D eigenvalue weighted by Gasteiger charge is -2.13. The number of aliphatic hydroxyl groups excluding tert-OH is 1. The van der Waals surface area contributed by atoms with Crippen molar-refractivity contribution in [2.45, 2.75) is 19.8 Å². The van der Waals surface area contributed by atoms with Crippen LogP contribution in [-0.2, 0) is 14.3 Å². The monoisotopic (exact) mass is 196 g/mol. The first-order chi connectivity index (χ1) is 6.61. The van der Waals surface area contributed by atoms with Crippen LogP contribution in [0.25, 0.3) is 0 Å². The number of aliphatic hydroxyl groups is 1. The van der Waals surface area contributed by atoms with Crippen molar-refractivity contribution in [2.75, 3.05) is 7.11 Å². The lowest BCUT2D eigenvalue weighted by Crippen LogP contribution is -2.20. The predicted octanol–water partition coefficient (Wildman–Crippen LogP) is 1.28. The number of ketones is 2. The van der Waals surface area contributed by atoms with Gasteiger partial charge < -0.3 is 9.84 Å². The summed E-state index contributed by atoms with van der Waals surface area (Å²) >= 11 is 0. The van der Waals surface area contributed by atoms with Gasteiger partial charge in [-0.3, -0.25) is 9.59 Å². The van der Waals surface area contributed by atoms with E-state index < -0.39 is 11.5 Å². The molecule has 1 rings (SSSR count). The predicted molar refractivity (Wildman–Crippen MR) is 49.7 cm³/mol. The van der Waals surface area contributed by atoms with Crippen LogP contribution in [0.1, 0.15) is 19.8 Å². The normalized spacial score (nSPS) is 17.1. The summed E-state index contributed by atoms with van der Waals surface area (Å²) in [5.74, 6) is -1.54. The van der Waals surface area contributed by atoms with Gasteiger partial charge in [0.05, 0.1) is 7.11 Å². The second kappa shape index (κ2) is 4.09. The number of hydrogen-bond donors (Lipinski definition) is 1. The number of ether oxygens (including phenoxy) is 1. The molecule has 0 amide bonds. The molecule has 0 aromatic heterocycles. The summed E-state index contributed by atoms with van der Waals surface area (Å²) in [7, 11) is 1.29. The molecule has 4 nitrogen and oxygen atoms in total. The van der Waals surface area contributed by atoms with Crippen LogP contribution in [0.5, 0.6) is 0 Å². The highest BCUT2D eigenvalue weighted by molar-refractivity contribution is 6.20. The first-order valence-corrected chi connectivity index (χ1v) is 4.38. The number of Topliss-reactive ketones (excluding diaryl/α,β-unsaturated/α-hetero) is 1. The first-order valence-electron chi connectivity index (χ1n) is 4.38. The van der Waals surface area contributed by atoms with Gasteiger partial charge in [-0.15, -0.1) is 0 Å². The summed E-state index contributed by atoms with van der Waals surface area (Å²) < 4.78 is 4.67. The van der Waals surface area contributed by atoms with Gasteiger partial charge in [-0.2, -0.15) is 0 Å². The molecule has 14 heavy (non-hydrogen) atoms. The SMILES string of the molecule is CCCC1=C(O)C(=O)C(OC)=CC1=O. The van der Waals surface area contributed by atoms with Crippen LogP contribution in [0.2, 0.25) is 0 Å². The minimum atomic E-state index is -0.615. The zero-order valence-corrected chi connectivity index (χ0v) is 8.16. The van der Waals surface area contributed by atoms with Gasteiger partial charge in [0.2, 0.25) is 0 Å². The Bertz CT molecular complexity index is 336. The lowest BCUT2D eigenvalue weighted by atomic mass is 9.97. The van der Waals surface area contributed by atoms with Crippen LogP contribution in [0, 0.1) is 0 Å². The summed E-state index contributed by atoms with van der Waals surface area (Å²) in [6.45, 7) is 1.87. The third kappa shape index (κ3) is 1.69. The van der Waals surface area contributed by atoms with Gasteiger partial charge in [0.1, 0.15) is 0 Å². The number of carbonyl (C=O) groups excluding carboxylic acids is 2. The van der Waals surface area contributed by atoms with Gasteiger partial charge in [-0.1, -0.05) is 13.3 Å². The van der Waals surface area contributed by atoms with Gasteiger partial charge in [0.15, 0.2) is 17.3 Å². The summed E-state index contributed by atoms with van der Waals surface area (Å²) in [4.78, 5) is 22.7. The van der Waals surface area contributed by atoms with Gasteiger partial charge in [0, 0.05) is 11.6 Å². The minimum absolute atomic E-state index is 0.104. The van der Waals surface area contributed by atoms with Crippen molar-refractivity contribution in [2.24, 2.45) is 0 Å². The van der Waals surface area contributed by atoms with Crippen molar-refractivity contribution in [1.82, 2.24) is 0 Å². The van der Waals surface area contributed by atoms with Crippen molar-refractivity contribution in [3.63, 3.8) is 0 Å². The third-order valence-corrected chi connectivity index (χ3v) is 2.00. The Morgan fingerprint density at radius 2 is 2.07 bits per heavy atom. The molecule has 1 aliphatic rings. The number of methoxy groups -OCH3 is 1. The standard InChI is InChI=1S/C10H12O4/c1-3-4-6-7(11)5-8(14-2)10(13)9(6)12/h5,12H,3-4H2,1-2H3. The van der Waals surface area contributed by atoms with Crippen LogP contribution in [0.3, 0.4) is 0 Å². The molecule has 0 aromatic rings. The topological polar surface area (TPSA) is 63.6 Å². The van der Waals surface area contributed by atoms with Gasteiger partial charge in [-0.05, 0) is 6.42 Å². The molecular formula is C10H12O4. The summed E-state index contributed by atoms with van der Waals surface area (Å²) in [5, 5.41) is 9.43. The fourth-order valence-electron chi connectivity index (χ4n) is 1.29. The number of allylic oxidation sites excluding steroid dienone is 2. The van der Waals surface area contributed by atoms with Crippen molar-refractivity contribution in [3.05, 3.63) is 23.2 Å². The molecule has 0 atom stereocenters. The molecule has 1 N–H and O–H groups in total. The van der Waals surface area contributed by atoms with E-state index in [1.54, 1.807) is 0 Å². The van der Waals surface area contributed by atoms with Gasteiger partial charge >= 0.3 is 0 Å². The molecule has 0 aliphatic heterocycles. The molecule has 76 valence electrons. The van der Waals surface area contributed by atoms with Gasteiger partial charge in [0.25, 0.3) is 5.78 Å². The second-order valence-corrected chi connectivity index (χ2v) is 2.98. The van der Waals surface area contributed by atoms with E-state index in [0.717, 1.165) is 6.08 Å². The van der Waals surface area contributed by atoms with Crippen LogP contribution in [-0.4, -0.2) is 23.8 Å². The van der Waals surface area contributed by atoms with Crippen molar-refractivity contribution in [3.8, 4) is 0 Å². The summed E-state index contributed by atoms with van der Waals surface area (Å²) in [6, 6.07) is 0. The fourth-order valence-corrected chi connectivity index (χ4v) is 1.29. The second-order valence-electron chi connectivity index (χ2n) is 2.98. The maximum Gasteiger partial charge on any atom is 0.262 e. The Morgan fingerprint density at radius 3 is 2.57 bits per heavy atom. The van der Waals surface area contributed by atoms with E-state index in [-0.39, 0.29) is 17.1 Å². The highest BCUT2D eigenvalue weighted by Gasteiger charge is 2.28. The lowest BCUT2D eigenvalue weighted by molar-refractivity contribution is -0.120. The number of hydrogen-bond acceptors (Lipinski definition) is 4. The van der Waals surface area contributed by atoms with E-state index in [1.165, 1.54) is 7.11 Å². The van der Waals surface area contributed by atoms with Crippen molar-refractivity contribution >= 4 is 11.6 Å². The molecule has 0 radical (unpaired) electrons. The molecule has 0 spiro atoms. The number of rotatable bonds is 3. The molecule has 0 bridgehead atoms. The van der Waals surface area contributed by atoms with E-state index in [2.05, 4.69) is 4.74 Å². The van der Waals surface area contributed by atoms with Crippen LogP contribution in [0.15, 0.2) is 23.2 Å². The fraction of sp³-hybridized carbons (Fsp3) is 0.400. The third-order valence-electron chi connectivity index (χ3n) is 2.00. The molecule has 0 unspecified atom stereocenters. The van der Waals surface area contributed by atoms with Crippen LogP contribution >= 0.6 is 0 Å². The van der Waals surface area contributed by atoms with Crippen molar-refractivity contribution in [1.29, 1.82) is 0 Å². The Balaban J connectivity index is 3.04. The van der Waals surface area contributed by atoms with Crippen LogP contribution < -0.4 is 0 Å². The first kappa shape index (κ1) is 10.5. The highest BCUT2D eigenvalue weighted by Crippen LogP contribution is 2.21. The minimum Gasteiger partial charge on any atom is -0.504 e. The van der Waals surface area contributed by atoms with E-state index in [0.29, 0.717) is 12.8 Å². The Labute approximate surface area is 81.9 Å². The maximum atomic E-state index is 11.4. The Kier molecular flexibility index (Phi) is 3.06. The molecule has 0 aromatic carbocycles. The molecule has 0 saturated heterocycles. The largest absolute Gasteiger partial charge is 0.504 e.